The van der Waals surface area contributed by atoms with Crippen LogP contribution >= 0.6 is 11.3 Å². The smallest absolute Gasteiger partial charge is 0.416 e. The fourth-order valence-corrected chi connectivity index (χ4v) is 14.6. The maximum absolute atomic E-state index is 14.2. The van der Waals surface area contributed by atoms with Crippen LogP contribution in [0.1, 0.15) is 117 Å². The number of unbranched alkanes of at least 4 members (excludes halogenated alkanes) is 2. The van der Waals surface area contributed by atoms with Crippen LogP contribution in [0.4, 0.5) is 41.2 Å². The first-order chi connectivity index (χ1) is 46.5. The lowest BCUT2D eigenvalue weighted by atomic mass is 9.72. The highest BCUT2D eigenvalue weighted by atomic mass is 32.1. The van der Waals surface area contributed by atoms with Crippen molar-refractivity contribution >= 4 is 46.7 Å². The van der Waals surface area contributed by atoms with Crippen molar-refractivity contribution in [2.75, 3.05) is 112 Å². The molecule has 3 saturated heterocycles. The molecule has 520 valence electrons. The van der Waals surface area contributed by atoms with Gasteiger partial charge in [0, 0.05) is 101 Å². The number of thiophene rings is 1. The molecule has 10 rings (SSSR count). The quantitative estimate of drug-likeness (QED) is 0.0374. The maximum Gasteiger partial charge on any atom is 0.416 e. The summed E-state index contributed by atoms with van der Waals surface area (Å²) < 4.78 is 116. The molecule has 97 heavy (non-hydrogen) atoms. The lowest BCUT2D eigenvalue weighted by Gasteiger charge is -2.44. The zero-order valence-electron chi connectivity index (χ0n) is 55.0. The number of amides is 5. The number of hydrogen-bond acceptors (Lipinski definition) is 12. The number of likely N-dealkylation sites (N-methyl/N-ethyl adjacent to an activating group) is 2. The predicted molar refractivity (Wildman–Crippen MR) is 356 cm³/mol. The number of nitrogens with zero attached hydrogens (tertiary/aromatic N) is 6. The summed E-state index contributed by atoms with van der Waals surface area (Å²) in [6.07, 6.45) is -3.88. The summed E-state index contributed by atoms with van der Waals surface area (Å²) in [5.41, 5.74) is -0.222. The number of fused-ring (bicyclic) bond motifs is 2. The molecule has 2 atom stereocenters. The molecule has 1 unspecified atom stereocenters. The van der Waals surface area contributed by atoms with E-state index >= 15 is 0 Å². The van der Waals surface area contributed by atoms with E-state index in [1.807, 2.05) is 85.9 Å². The summed E-state index contributed by atoms with van der Waals surface area (Å²) in [5, 5.41) is 6.40. The number of nitrogens with one attached hydrogen (secondary N) is 2. The second-order valence-corrected chi connectivity index (χ2v) is 27.1. The third-order valence-electron chi connectivity index (χ3n) is 19.4. The number of rotatable bonds is 27. The Labute approximate surface area is 566 Å². The van der Waals surface area contributed by atoms with Gasteiger partial charge in [0.05, 0.1) is 34.3 Å². The molecule has 5 amide bonds. The molecular weight excluding hydrogens is 1280 g/mol. The van der Waals surface area contributed by atoms with Gasteiger partial charge in [-0.15, -0.1) is 11.3 Å². The van der Waals surface area contributed by atoms with E-state index in [4.69, 9.17) is 14.2 Å². The number of likely N-dealkylation sites (tertiary alicyclic amines) is 2. The number of carbonyl (C=O) groups is 5. The minimum atomic E-state index is -5.15. The zero-order chi connectivity index (χ0) is 68.9. The summed E-state index contributed by atoms with van der Waals surface area (Å²) in [4.78, 5) is 79.1. The Morgan fingerprint density at radius 1 is 0.691 bits per heavy atom. The van der Waals surface area contributed by atoms with Crippen molar-refractivity contribution in [1.82, 2.24) is 34.7 Å². The predicted octanol–water partition coefficient (Wildman–Crippen LogP) is 12.7. The average Bonchev–Trinajstić information content (AvgIpc) is 1.62. The third-order valence-corrected chi connectivity index (χ3v) is 20.5. The van der Waals surface area contributed by atoms with Crippen LogP contribution in [0.15, 0.2) is 133 Å². The van der Waals surface area contributed by atoms with Crippen molar-refractivity contribution < 1.29 is 68.9 Å². The van der Waals surface area contributed by atoms with E-state index in [9.17, 15) is 54.7 Å². The van der Waals surface area contributed by atoms with Crippen LogP contribution in [0.25, 0.3) is 11.1 Å². The number of ether oxygens (including phenoxy) is 3. The molecule has 3 fully saturated rings. The molecule has 16 nitrogen and oxygen atoms in total. The highest BCUT2D eigenvalue weighted by molar-refractivity contribution is 7.14. The number of hydrogen-bond donors (Lipinski definition) is 2. The number of piperidine rings is 2. The van der Waals surface area contributed by atoms with Crippen LogP contribution in [0.3, 0.4) is 0 Å². The Balaban J connectivity index is 0.598. The molecule has 4 heterocycles. The van der Waals surface area contributed by atoms with Gasteiger partial charge < -0.3 is 48.9 Å². The zero-order valence-corrected chi connectivity index (χ0v) is 55.9. The van der Waals surface area contributed by atoms with E-state index < -0.39 is 64.6 Å². The maximum atomic E-state index is 14.2. The average molecular weight is 1370 g/mol. The number of alkyl halides is 6. The summed E-state index contributed by atoms with van der Waals surface area (Å²) >= 11 is 1.45. The van der Waals surface area contributed by atoms with Crippen molar-refractivity contribution in [3.8, 4) is 11.1 Å². The van der Waals surface area contributed by atoms with Crippen molar-refractivity contribution in [1.29, 1.82) is 0 Å². The summed E-state index contributed by atoms with van der Waals surface area (Å²) in [6.45, 7) is 6.07. The Morgan fingerprint density at radius 2 is 1.35 bits per heavy atom. The topological polar surface area (TPSA) is 157 Å². The van der Waals surface area contributed by atoms with Gasteiger partial charge in [0.15, 0.2) is 0 Å². The fourth-order valence-electron chi connectivity index (χ4n) is 13.6. The molecule has 0 radical (unpaired) electrons. The van der Waals surface area contributed by atoms with E-state index in [0.29, 0.717) is 106 Å². The molecule has 3 aliphatic heterocycles. The second kappa shape index (κ2) is 32.3. The SMILES string of the molecule is CN(CCN1CCC(OC(=O)Nc2ccccc2-c2ccccc2)CC1)C(=O)CCCCCNCc1ccc(C(=O)N(C)CCCN(C)C(=O)COC2Cc3ccccc3C23CCN(CC[C@@]2(c4ccc(F)cc4)CN(C(=O)c4cc(C(F)(F)F)cc(C(F)(F)F)c4)CO2)CC3)s1. The summed E-state index contributed by atoms with van der Waals surface area (Å²) in [5.74, 6) is -1.76. The summed E-state index contributed by atoms with van der Waals surface area (Å²) in [6, 6.07) is 35.8. The first-order valence-corrected chi connectivity index (χ1v) is 34.1. The number of para-hydroxylation sites is 1. The molecule has 0 saturated carbocycles. The highest BCUT2D eigenvalue weighted by Crippen LogP contribution is 2.49. The van der Waals surface area contributed by atoms with E-state index in [1.165, 1.54) is 41.2 Å². The van der Waals surface area contributed by atoms with Gasteiger partial charge in [0.1, 0.15) is 30.9 Å². The molecule has 2 N–H and O–H groups in total. The molecule has 0 bridgehead atoms. The first kappa shape index (κ1) is 72.0. The van der Waals surface area contributed by atoms with E-state index in [1.54, 1.807) is 28.8 Å². The third kappa shape index (κ3) is 18.5. The van der Waals surface area contributed by atoms with Crippen LogP contribution < -0.4 is 10.6 Å². The minimum absolute atomic E-state index is 0.0276. The molecule has 4 aliphatic rings. The molecular formula is C73H85F7N8O8S. The van der Waals surface area contributed by atoms with Crippen LogP contribution in [0.2, 0.25) is 0 Å². The van der Waals surface area contributed by atoms with Gasteiger partial charge >= 0.3 is 18.4 Å². The summed E-state index contributed by atoms with van der Waals surface area (Å²) in [7, 11) is 5.33. The van der Waals surface area contributed by atoms with Crippen molar-refractivity contribution in [3.63, 3.8) is 0 Å². The lowest BCUT2D eigenvalue weighted by Crippen LogP contribution is -2.50. The largest absolute Gasteiger partial charge is 0.446 e. The van der Waals surface area contributed by atoms with Gasteiger partial charge in [-0.3, -0.25) is 24.5 Å². The van der Waals surface area contributed by atoms with Crippen LogP contribution in [-0.4, -0.2) is 178 Å². The van der Waals surface area contributed by atoms with Gasteiger partial charge in [-0.05, 0) is 148 Å². The van der Waals surface area contributed by atoms with Crippen molar-refractivity contribution in [2.45, 2.75) is 113 Å². The molecule has 1 spiro atoms. The molecule has 1 aromatic heterocycles. The number of carbonyl (C=O) groups excluding carboxylic acids is 5. The van der Waals surface area contributed by atoms with Gasteiger partial charge in [0.2, 0.25) is 11.8 Å². The highest BCUT2D eigenvalue weighted by Gasteiger charge is 2.50. The normalized spacial score (nSPS) is 18.2. The molecule has 1 aliphatic carbocycles. The van der Waals surface area contributed by atoms with Gasteiger partial charge in [-0.2, -0.15) is 26.3 Å². The molecule has 6 aromatic rings. The van der Waals surface area contributed by atoms with E-state index in [2.05, 4.69) is 32.6 Å². The standard InChI is InChI=1S/C73H85F7N8O8S/c1-83(34-14-35-85(3)68(92)63-27-26-59(97-63)47-81-33-13-5-8-21-65(89)84(2)41-42-86-36-28-58(29-37-86)96-69(93)82-62-20-12-10-18-60(62)51-15-6-4-7-16-51)66(90)48-94-64-45-52-17-9-11-19-61(52)70(64)30-38-87(39-31-70)40-32-71(54-22-24-57(74)25-23-54)49-88(50-95-71)67(91)53-43-55(72(75,76)77)46-56(44-53)73(78,79)80/h4,6-7,9-12,15-20,22-27,43-44,46,58,64,81H,5,8,13-14,21,28-42,45,47-50H2,1-3H3,(H,82,93)/t64?,71-/m0/s1. The number of halogens is 7. The number of benzene rings is 5. The van der Waals surface area contributed by atoms with Crippen molar-refractivity contribution in [3.05, 3.63) is 182 Å². The Bertz CT molecular complexity index is 3620. The van der Waals surface area contributed by atoms with Gasteiger partial charge in [0.25, 0.3) is 11.8 Å². The Kier molecular flexibility index (Phi) is 24.0. The molecule has 5 aromatic carbocycles. The van der Waals surface area contributed by atoms with Gasteiger partial charge in [-0.1, -0.05) is 91.3 Å². The minimum Gasteiger partial charge on any atom is -0.446 e. The Morgan fingerprint density at radius 3 is 2.07 bits per heavy atom. The Hall–Kier alpha value is -7.74. The van der Waals surface area contributed by atoms with Crippen molar-refractivity contribution in [2.24, 2.45) is 0 Å². The van der Waals surface area contributed by atoms with Crippen LogP contribution in [0, 0.1) is 5.82 Å². The van der Waals surface area contributed by atoms with E-state index in [0.717, 1.165) is 84.8 Å². The van der Waals surface area contributed by atoms with Crippen LogP contribution in [-0.2, 0) is 60.1 Å². The van der Waals surface area contributed by atoms with Gasteiger partial charge in [-0.25, -0.2) is 9.18 Å². The fraction of sp³-hybridized carbons (Fsp3) is 0.466. The van der Waals surface area contributed by atoms with Crippen LogP contribution in [0.5, 0.6) is 0 Å². The van der Waals surface area contributed by atoms with E-state index in [-0.39, 0.29) is 55.6 Å². The second-order valence-electron chi connectivity index (χ2n) is 25.9. The number of anilines is 1. The molecule has 24 heteroatoms. The lowest BCUT2D eigenvalue weighted by molar-refractivity contribution is -0.143. The monoisotopic (exact) mass is 1370 g/mol. The first-order valence-electron chi connectivity index (χ1n) is 33.3.